The van der Waals surface area contributed by atoms with E-state index in [9.17, 15) is 4.57 Å². The summed E-state index contributed by atoms with van der Waals surface area (Å²) < 4.78 is 8.97. The molecule has 0 fully saturated rings. The molecule has 0 bridgehead atoms. The predicted octanol–water partition coefficient (Wildman–Crippen LogP) is 3.81. The van der Waals surface area contributed by atoms with Crippen LogP contribution in [0.2, 0.25) is 0 Å². The van der Waals surface area contributed by atoms with Gasteiger partial charge in [-0.15, -0.1) is 0 Å². The van der Waals surface area contributed by atoms with Crippen LogP contribution in [-0.4, -0.2) is 4.07 Å². The third-order valence-electron chi connectivity index (χ3n) is 0.457. The molecule has 0 rings (SSSR count). The van der Waals surface area contributed by atoms with E-state index >= 15 is 0 Å². The molecule has 6 heteroatoms. The van der Waals surface area contributed by atoms with Gasteiger partial charge < -0.3 is 0 Å². The molecule has 1 nitrogen and oxygen atoms in total. The summed E-state index contributed by atoms with van der Waals surface area (Å²) in [6.07, 6.45) is 0. The highest BCUT2D eigenvalue weighted by Crippen LogP contribution is 2.70. The Bertz CT molecular complexity index is 120. The highest BCUT2D eigenvalue weighted by atomic mass is 35.9. The van der Waals surface area contributed by atoms with Crippen LogP contribution in [-0.2, 0) is 4.57 Å². The molecular formula is C2H3Cl4OP. The summed E-state index contributed by atoms with van der Waals surface area (Å²) in [4.78, 5) is 0. The molecule has 8 heavy (non-hydrogen) atoms. The zero-order chi connectivity index (χ0) is 7.00. The Balaban J connectivity index is 4.26. The molecule has 0 spiro atoms. The Hall–Kier alpha value is 1.39. The van der Waals surface area contributed by atoms with Gasteiger partial charge in [0.15, 0.2) is 4.07 Å². The van der Waals surface area contributed by atoms with Gasteiger partial charge >= 0.3 is 0 Å². The van der Waals surface area contributed by atoms with Crippen molar-refractivity contribution in [2.45, 2.75) is 11.0 Å². The lowest BCUT2D eigenvalue weighted by atomic mass is 10.9. The van der Waals surface area contributed by atoms with Gasteiger partial charge in [0.05, 0.1) is 0 Å². The highest BCUT2D eigenvalue weighted by Gasteiger charge is 2.37. The van der Waals surface area contributed by atoms with Crippen LogP contribution in [0.25, 0.3) is 0 Å². The van der Waals surface area contributed by atoms with Crippen molar-refractivity contribution >= 4 is 51.5 Å². The van der Waals surface area contributed by atoms with Crippen LogP contribution in [0.5, 0.6) is 0 Å². The number of hydrogen-bond acceptors (Lipinski definition) is 1. The molecule has 0 aromatic heterocycles. The Kier molecular flexibility index (Phi) is 3.00. The lowest BCUT2D eigenvalue weighted by Gasteiger charge is -2.12. The fourth-order valence-electron chi connectivity index (χ4n) is 0. The minimum absolute atomic E-state index is 1.27. The van der Waals surface area contributed by atoms with Crippen LogP contribution in [0.4, 0.5) is 0 Å². The fourth-order valence-corrected chi connectivity index (χ4v) is 0. The van der Waals surface area contributed by atoms with E-state index < -0.39 is 9.92 Å². The van der Waals surface area contributed by atoms with Gasteiger partial charge in [-0.2, -0.15) is 0 Å². The molecular weight excluding hydrogens is 213 g/mol. The van der Waals surface area contributed by atoms with Gasteiger partial charge in [0.25, 0.3) is 5.85 Å². The Morgan fingerprint density at radius 2 is 1.50 bits per heavy atom. The van der Waals surface area contributed by atoms with Crippen LogP contribution in [0, 0.1) is 0 Å². The quantitative estimate of drug-likeness (QED) is 0.480. The standard InChI is InChI=1S/C2H3Cl4OP/c1-2(3,4)8(5,6)7/h1H3. The van der Waals surface area contributed by atoms with Crippen LogP contribution in [0.3, 0.4) is 0 Å². The summed E-state index contributed by atoms with van der Waals surface area (Å²) in [5.41, 5.74) is 0. The smallest absolute Gasteiger partial charge is 0.286 e. The van der Waals surface area contributed by atoms with E-state index in [1.807, 2.05) is 0 Å². The van der Waals surface area contributed by atoms with E-state index in [4.69, 9.17) is 45.7 Å². The van der Waals surface area contributed by atoms with Crippen molar-refractivity contribution in [2.24, 2.45) is 0 Å². The molecule has 0 aromatic rings. The van der Waals surface area contributed by atoms with Crippen LogP contribution >= 0.6 is 51.5 Å². The van der Waals surface area contributed by atoms with Crippen molar-refractivity contribution in [2.75, 3.05) is 0 Å². The average Bonchev–Trinajstić information content (AvgIpc) is 1.25. The lowest BCUT2D eigenvalue weighted by Crippen LogP contribution is -1.98. The van der Waals surface area contributed by atoms with E-state index in [-0.39, 0.29) is 0 Å². The van der Waals surface area contributed by atoms with E-state index in [1.165, 1.54) is 6.92 Å². The molecule has 0 heterocycles. The van der Waals surface area contributed by atoms with E-state index in [2.05, 4.69) is 0 Å². The van der Waals surface area contributed by atoms with Gasteiger partial charge in [0.2, 0.25) is 0 Å². The molecule has 0 atom stereocenters. The zero-order valence-electron chi connectivity index (χ0n) is 3.87. The fraction of sp³-hybridized carbons (Fsp3) is 1.00. The third-order valence-corrected chi connectivity index (χ3v) is 5.87. The normalized spacial score (nSPS) is 14.1. The molecule has 0 unspecified atom stereocenters. The van der Waals surface area contributed by atoms with E-state index in [1.54, 1.807) is 0 Å². The van der Waals surface area contributed by atoms with Gasteiger partial charge in [-0.3, -0.25) is 4.57 Å². The predicted molar refractivity (Wildman–Crippen MR) is 39.4 cm³/mol. The molecule has 0 aliphatic carbocycles. The maximum atomic E-state index is 10.5. The van der Waals surface area contributed by atoms with Crippen molar-refractivity contribution in [1.82, 2.24) is 0 Å². The molecule has 0 saturated heterocycles. The van der Waals surface area contributed by atoms with Gasteiger partial charge in [0.1, 0.15) is 0 Å². The van der Waals surface area contributed by atoms with E-state index in [0.717, 1.165) is 0 Å². The largest absolute Gasteiger partial charge is 0.287 e. The molecule has 0 radical (unpaired) electrons. The Morgan fingerprint density at radius 1 is 1.38 bits per heavy atom. The highest BCUT2D eigenvalue weighted by molar-refractivity contribution is 8.11. The van der Waals surface area contributed by atoms with Gasteiger partial charge in [-0.25, -0.2) is 0 Å². The first kappa shape index (κ1) is 9.39. The topological polar surface area (TPSA) is 17.1 Å². The maximum absolute atomic E-state index is 10.5. The van der Waals surface area contributed by atoms with Crippen LogP contribution in [0.1, 0.15) is 6.92 Å². The summed E-state index contributed by atoms with van der Waals surface area (Å²) in [7, 11) is 0. The maximum Gasteiger partial charge on any atom is 0.287 e. The Morgan fingerprint density at radius 3 is 1.50 bits per heavy atom. The molecule has 0 N–H and O–H groups in total. The second kappa shape index (κ2) is 2.56. The minimum Gasteiger partial charge on any atom is -0.286 e. The third kappa shape index (κ3) is 2.80. The van der Waals surface area contributed by atoms with Crippen LogP contribution < -0.4 is 0 Å². The molecule has 0 amide bonds. The van der Waals surface area contributed by atoms with Crippen molar-refractivity contribution in [3.63, 3.8) is 0 Å². The molecule has 0 aliphatic rings. The summed E-state index contributed by atoms with van der Waals surface area (Å²) >= 11 is 20.6. The second-order valence-electron chi connectivity index (χ2n) is 1.30. The minimum atomic E-state index is -3.37. The molecule has 0 aliphatic heterocycles. The van der Waals surface area contributed by atoms with Gasteiger partial charge in [-0.05, 0) is 29.4 Å². The summed E-state index contributed by atoms with van der Waals surface area (Å²) in [5.74, 6) is -3.37. The molecule has 0 saturated carbocycles. The van der Waals surface area contributed by atoms with Gasteiger partial charge in [-0.1, -0.05) is 23.2 Å². The summed E-state index contributed by atoms with van der Waals surface area (Å²) in [6.45, 7) is 1.27. The summed E-state index contributed by atoms with van der Waals surface area (Å²) in [5, 5.41) is 0. The first-order valence-corrected chi connectivity index (χ1v) is 5.89. The van der Waals surface area contributed by atoms with E-state index in [0.29, 0.717) is 0 Å². The van der Waals surface area contributed by atoms with Crippen molar-refractivity contribution in [1.29, 1.82) is 0 Å². The lowest BCUT2D eigenvalue weighted by molar-refractivity contribution is 0.589. The Labute approximate surface area is 67.2 Å². The first-order chi connectivity index (χ1) is 3.25. The zero-order valence-corrected chi connectivity index (χ0v) is 7.79. The van der Waals surface area contributed by atoms with Crippen LogP contribution in [0.15, 0.2) is 0 Å². The number of rotatable bonds is 1. The molecule has 50 valence electrons. The number of hydrogen-bond donors (Lipinski definition) is 0. The number of alkyl halides is 2. The average molecular weight is 216 g/mol. The van der Waals surface area contributed by atoms with Crippen molar-refractivity contribution in [3.05, 3.63) is 0 Å². The SMILES string of the molecule is CC(Cl)(Cl)P(=O)(Cl)Cl. The first-order valence-electron chi connectivity index (χ1n) is 1.62. The summed E-state index contributed by atoms with van der Waals surface area (Å²) in [6, 6.07) is 0. The van der Waals surface area contributed by atoms with Gasteiger partial charge in [0, 0.05) is 0 Å². The van der Waals surface area contributed by atoms with Crippen molar-refractivity contribution < 1.29 is 4.57 Å². The van der Waals surface area contributed by atoms with Crippen molar-refractivity contribution in [3.8, 4) is 0 Å². The molecule has 0 aromatic carbocycles. The second-order valence-corrected chi connectivity index (χ2v) is 8.73. The number of halogens is 4. The monoisotopic (exact) mass is 214 g/mol.